The molecule has 1 aromatic carbocycles. The molecule has 0 spiro atoms. The molecule has 112 valence electrons. The van der Waals surface area contributed by atoms with Crippen LogP contribution in [0.4, 0.5) is 14.5 Å². The Labute approximate surface area is 118 Å². The zero-order valence-electron chi connectivity index (χ0n) is 11.3. The summed E-state index contributed by atoms with van der Waals surface area (Å²) in [6, 6.07) is 1.33. The number of nitro benzene ring substituents is 1. The summed E-state index contributed by atoms with van der Waals surface area (Å²) in [5.41, 5.74) is -0.900. The lowest BCUT2D eigenvalue weighted by molar-refractivity contribution is -0.384. The van der Waals surface area contributed by atoms with E-state index in [4.69, 9.17) is 4.42 Å². The minimum atomic E-state index is -1.31. The van der Waals surface area contributed by atoms with Gasteiger partial charge in [0.05, 0.1) is 17.5 Å². The van der Waals surface area contributed by atoms with Crippen LogP contribution in [0.15, 0.2) is 16.5 Å². The molecule has 0 fully saturated rings. The van der Waals surface area contributed by atoms with E-state index in [1.54, 1.807) is 0 Å². The van der Waals surface area contributed by atoms with E-state index in [0.717, 1.165) is 0 Å². The number of aromatic nitrogens is 2. The van der Waals surface area contributed by atoms with Gasteiger partial charge in [0.2, 0.25) is 5.89 Å². The number of hydrogen-bond acceptors (Lipinski definition) is 6. The zero-order valence-corrected chi connectivity index (χ0v) is 11.3. The summed E-state index contributed by atoms with van der Waals surface area (Å²) in [5.74, 6) is -2.58. The van der Waals surface area contributed by atoms with Gasteiger partial charge in [-0.15, -0.1) is 10.2 Å². The van der Waals surface area contributed by atoms with Crippen molar-refractivity contribution in [2.24, 2.45) is 0 Å². The predicted octanol–water partition coefficient (Wildman–Crippen LogP) is 2.42. The number of nitro groups is 1. The van der Waals surface area contributed by atoms with E-state index in [1.165, 1.54) is 0 Å². The smallest absolute Gasteiger partial charge is 0.285 e. The molecule has 0 aliphatic carbocycles. The molecule has 0 aliphatic rings. The van der Waals surface area contributed by atoms with E-state index in [1.807, 2.05) is 13.8 Å². The first-order valence-corrected chi connectivity index (χ1v) is 6.08. The molecule has 0 saturated heterocycles. The topological polar surface area (TPSA) is 94.1 Å². The van der Waals surface area contributed by atoms with Gasteiger partial charge in [0.25, 0.3) is 11.6 Å². The average Bonchev–Trinajstić information content (AvgIpc) is 2.87. The highest BCUT2D eigenvalue weighted by atomic mass is 19.2. The van der Waals surface area contributed by atoms with Crippen LogP contribution in [0.1, 0.15) is 19.7 Å². The summed E-state index contributed by atoms with van der Waals surface area (Å²) in [6.07, 6.45) is 0. The largest absolute Gasteiger partial charge is 0.419 e. The SMILES string of the molecule is CC(C)NCc1nnc(-c2cc(F)c(F)cc2[N+](=O)[O-])o1. The maximum Gasteiger partial charge on any atom is 0.285 e. The van der Waals surface area contributed by atoms with Crippen LogP contribution in [0.2, 0.25) is 0 Å². The summed E-state index contributed by atoms with van der Waals surface area (Å²) in [4.78, 5) is 10.1. The Kier molecular flexibility index (Phi) is 4.22. The summed E-state index contributed by atoms with van der Waals surface area (Å²) < 4.78 is 31.6. The van der Waals surface area contributed by atoms with Crippen molar-refractivity contribution in [2.45, 2.75) is 26.4 Å². The molecule has 0 radical (unpaired) electrons. The Morgan fingerprint density at radius 3 is 2.62 bits per heavy atom. The number of rotatable bonds is 5. The summed E-state index contributed by atoms with van der Waals surface area (Å²) in [6.45, 7) is 4.09. The molecule has 9 heteroatoms. The molecule has 0 aliphatic heterocycles. The standard InChI is InChI=1S/C12H12F2N4O3/c1-6(2)15-5-11-16-17-12(21-11)7-3-8(13)9(14)4-10(7)18(19)20/h3-4,6,15H,5H2,1-2H3. The lowest BCUT2D eigenvalue weighted by atomic mass is 10.1. The normalized spacial score (nSPS) is 11.1. The summed E-state index contributed by atoms with van der Waals surface area (Å²) in [7, 11) is 0. The van der Waals surface area contributed by atoms with Gasteiger partial charge in [-0.3, -0.25) is 10.1 Å². The molecular formula is C12H12F2N4O3. The lowest BCUT2D eigenvalue weighted by Crippen LogP contribution is -2.21. The quantitative estimate of drug-likeness (QED) is 0.673. The third kappa shape index (κ3) is 3.37. The molecule has 7 nitrogen and oxygen atoms in total. The minimum absolute atomic E-state index is 0.179. The van der Waals surface area contributed by atoms with E-state index in [0.29, 0.717) is 12.1 Å². The van der Waals surface area contributed by atoms with Gasteiger partial charge in [-0.05, 0) is 6.07 Å². The Morgan fingerprint density at radius 2 is 2.00 bits per heavy atom. The first kappa shape index (κ1) is 15.0. The van der Waals surface area contributed by atoms with Gasteiger partial charge >= 0.3 is 0 Å². The molecule has 0 amide bonds. The van der Waals surface area contributed by atoms with Gasteiger partial charge < -0.3 is 9.73 Å². The monoisotopic (exact) mass is 298 g/mol. The number of benzene rings is 1. The van der Waals surface area contributed by atoms with Crippen molar-refractivity contribution < 1.29 is 18.1 Å². The van der Waals surface area contributed by atoms with E-state index in [2.05, 4.69) is 15.5 Å². The fourth-order valence-corrected chi connectivity index (χ4v) is 1.58. The minimum Gasteiger partial charge on any atom is -0.419 e. The maximum absolute atomic E-state index is 13.3. The van der Waals surface area contributed by atoms with Crippen LogP contribution in [0.3, 0.4) is 0 Å². The van der Waals surface area contributed by atoms with Crippen LogP contribution in [-0.4, -0.2) is 21.2 Å². The van der Waals surface area contributed by atoms with E-state index in [-0.39, 0.29) is 29.9 Å². The van der Waals surface area contributed by atoms with Crippen LogP contribution < -0.4 is 5.32 Å². The van der Waals surface area contributed by atoms with Crippen LogP contribution in [0.5, 0.6) is 0 Å². The Morgan fingerprint density at radius 1 is 1.33 bits per heavy atom. The number of nitrogens with one attached hydrogen (secondary N) is 1. The van der Waals surface area contributed by atoms with E-state index < -0.39 is 22.2 Å². The highest BCUT2D eigenvalue weighted by molar-refractivity contribution is 5.66. The fraction of sp³-hybridized carbons (Fsp3) is 0.333. The molecule has 1 heterocycles. The van der Waals surface area contributed by atoms with Crippen molar-refractivity contribution in [3.05, 3.63) is 39.8 Å². The van der Waals surface area contributed by atoms with Crippen molar-refractivity contribution in [3.63, 3.8) is 0 Å². The molecule has 0 saturated carbocycles. The van der Waals surface area contributed by atoms with Crippen molar-refractivity contribution in [2.75, 3.05) is 0 Å². The first-order chi connectivity index (χ1) is 9.88. The summed E-state index contributed by atoms with van der Waals surface area (Å²) in [5, 5.41) is 21.2. The van der Waals surface area contributed by atoms with Crippen LogP contribution >= 0.6 is 0 Å². The molecule has 0 atom stereocenters. The first-order valence-electron chi connectivity index (χ1n) is 6.08. The van der Waals surface area contributed by atoms with Gasteiger partial charge in [-0.25, -0.2) is 8.78 Å². The van der Waals surface area contributed by atoms with Crippen molar-refractivity contribution >= 4 is 5.69 Å². The molecule has 1 aromatic heterocycles. The van der Waals surface area contributed by atoms with Crippen LogP contribution in [0.25, 0.3) is 11.5 Å². The Hall–Kier alpha value is -2.42. The molecular weight excluding hydrogens is 286 g/mol. The number of halogens is 2. The average molecular weight is 298 g/mol. The second-order valence-corrected chi connectivity index (χ2v) is 4.58. The second-order valence-electron chi connectivity index (χ2n) is 4.58. The number of nitrogens with zero attached hydrogens (tertiary/aromatic N) is 3. The zero-order chi connectivity index (χ0) is 15.6. The Balaban J connectivity index is 2.37. The van der Waals surface area contributed by atoms with E-state index >= 15 is 0 Å². The second kappa shape index (κ2) is 5.92. The maximum atomic E-state index is 13.3. The van der Waals surface area contributed by atoms with Crippen LogP contribution in [-0.2, 0) is 6.54 Å². The molecule has 1 N–H and O–H groups in total. The summed E-state index contributed by atoms with van der Waals surface area (Å²) >= 11 is 0. The van der Waals surface area contributed by atoms with Crippen molar-refractivity contribution in [1.29, 1.82) is 0 Å². The predicted molar refractivity (Wildman–Crippen MR) is 68.3 cm³/mol. The van der Waals surface area contributed by atoms with Gasteiger partial charge in [-0.2, -0.15) is 0 Å². The van der Waals surface area contributed by atoms with E-state index in [9.17, 15) is 18.9 Å². The van der Waals surface area contributed by atoms with Crippen LogP contribution in [0, 0.1) is 21.7 Å². The van der Waals surface area contributed by atoms with Crippen molar-refractivity contribution in [1.82, 2.24) is 15.5 Å². The van der Waals surface area contributed by atoms with Gasteiger partial charge in [0.1, 0.15) is 5.56 Å². The number of hydrogen-bond donors (Lipinski definition) is 1. The third-order valence-corrected chi connectivity index (χ3v) is 2.59. The van der Waals surface area contributed by atoms with Gasteiger partial charge in [0, 0.05) is 6.04 Å². The van der Waals surface area contributed by atoms with Gasteiger partial charge in [-0.1, -0.05) is 13.8 Å². The lowest BCUT2D eigenvalue weighted by Gasteiger charge is -2.03. The molecule has 2 aromatic rings. The highest BCUT2D eigenvalue weighted by Crippen LogP contribution is 2.30. The molecule has 0 unspecified atom stereocenters. The van der Waals surface area contributed by atoms with Crippen molar-refractivity contribution in [3.8, 4) is 11.5 Å². The highest BCUT2D eigenvalue weighted by Gasteiger charge is 2.24. The third-order valence-electron chi connectivity index (χ3n) is 2.59. The Bertz CT molecular complexity index is 673. The van der Waals surface area contributed by atoms with Gasteiger partial charge in [0.15, 0.2) is 11.6 Å². The molecule has 21 heavy (non-hydrogen) atoms. The molecule has 2 rings (SSSR count). The molecule has 0 bridgehead atoms. The fourth-order valence-electron chi connectivity index (χ4n) is 1.58.